The first kappa shape index (κ1) is 16.1. The van der Waals surface area contributed by atoms with Crippen LogP contribution in [0.2, 0.25) is 5.02 Å². The lowest BCUT2D eigenvalue weighted by Gasteiger charge is -2.11. The van der Waals surface area contributed by atoms with Crippen LogP contribution >= 0.6 is 11.6 Å². The molecule has 3 rings (SSSR count). The van der Waals surface area contributed by atoms with Crippen molar-refractivity contribution in [3.05, 3.63) is 42.1 Å². The second-order valence-corrected chi connectivity index (χ2v) is 5.45. The van der Waals surface area contributed by atoms with Gasteiger partial charge in [-0.25, -0.2) is 0 Å². The van der Waals surface area contributed by atoms with E-state index in [2.05, 4.69) is 32.3 Å². The summed E-state index contributed by atoms with van der Waals surface area (Å²) in [6, 6.07) is 5.44. The molecule has 24 heavy (non-hydrogen) atoms. The van der Waals surface area contributed by atoms with E-state index in [4.69, 9.17) is 16.3 Å². The number of nitrogens with one attached hydrogen (secondary N) is 2. The number of halogens is 1. The molecule has 0 bridgehead atoms. The molecule has 0 saturated carbocycles. The molecule has 124 valence electrons. The Morgan fingerprint density at radius 1 is 1.38 bits per heavy atom. The zero-order chi connectivity index (χ0) is 17.1. The van der Waals surface area contributed by atoms with Crippen LogP contribution in [0.1, 0.15) is 0 Å². The molecule has 8 heteroatoms. The number of hydrogen-bond acceptors (Lipinski definition) is 6. The number of fused-ring (bicyclic) bond motifs is 1. The van der Waals surface area contributed by atoms with Crippen molar-refractivity contribution in [2.75, 3.05) is 24.3 Å². The smallest absolute Gasteiger partial charge is 0.226 e. The third-order valence-electron chi connectivity index (χ3n) is 3.41. The molecule has 0 saturated heterocycles. The lowest BCUT2D eigenvalue weighted by atomic mass is 10.3. The third kappa shape index (κ3) is 3.11. The quantitative estimate of drug-likeness (QED) is 0.668. The summed E-state index contributed by atoms with van der Waals surface area (Å²) in [5.41, 5.74) is 1.51. The van der Waals surface area contributed by atoms with Crippen molar-refractivity contribution in [2.24, 2.45) is 7.05 Å². The van der Waals surface area contributed by atoms with E-state index in [1.165, 1.54) is 0 Å². The Morgan fingerprint density at radius 3 is 2.92 bits per heavy atom. The largest absolute Gasteiger partial charge is 0.495 e. The van der Waals surface area contributed by atoms with Crippen LogP contribution in [0.25, 0.3) is 11.0 Å². The van der Waals surface area contributed by atoms with Gasteiger partial charge in [-0.2, -0.15) is 15.1 Å². The monoisotopic (exact) mass is 344 g/mol. The van der Waals surface area contributed by atoms with Crippen LogP contribution in [0.5, 0.6) is 5.75 Å². The summed E-state index contributed by atoms with van der Waals surface area (Å²) in [5, 5.41) is 11.9. The van der Waals surface area contributed by atoms with Gasteiger partial charge in [0.2, 0.25) is 5.95 Å². The summed E-state index contributed by atoms with van der Waals surface area (Å²) < 4.78 is 6.87. The summed E-state index contributed by atoms with van der Waals surface area (Å²) in [6.45, 7) is 4.25. The maximum Gasteiger partial charge on any atom is 0.226 e. The first-order chi connectivity index (χ1) is 11.6. The van der Waals surface area contributed by atoms with Crippen molar-refractivity contribution >= 4 is 40.1 Å². The molecule has 0 aliphatic rings. The normalized spacial score (nSPS) is 10.6. The number of nitrogens with zero attached hydrogens (tertiary/aromatic N) is 4. The van der Waals surface area contributed by atoms with Gasteiger partial charge in [0.1, 0.15) is 11.6 Å². The second-order valence-electron chi connectivity index (χ2n) is 5.05. The molecule has 1 aromatic carbocycles. The van der Waals surface area contributed by atoms with Crippen molar-refractivity contribution in [2.45, 2.75) is 0 Å². The Kier molecular flexibility index (Phi) is 4.52. The van der Waals surface area contributed by atoms with Gasteiger partial charge in [-0.3, -0.25) is 4.68 Å². The van der Waals surface area contributed by atoms with Crippen molar-refractivity contribution in [1.29, 1.82) is 0 Å². The summed E-state index contributed by atoms with van der Waals surface area (Å²) in [6.07, 6.45) is 3.47. The molecule has 2 N–H and O–H groups in total. The first-order valence-electron chi connectivity index (χ1n) is 7.27. The van der Waals surface area contributed by atoms with E-state index in [9.17, 15) is 0 Å². The summed E-state index contributed by atoms with van der Waals surface area (Å²) in [4.78, 5) is 8.97. The fraction of sp³-hybridized carbons (Fsp3) is 0.188. The van der Waals surface area contributed by atoms with Crippen LogP contribution in [-0.2, 0) is 7.05 Å². The number of rotatable bonds is 6. The molecule has 0 radical (unpaired) electrons. The standard InChI is InChI=1S/C16H17ClN6O/c1-4-7-18-16-21-14(11-9-19-23(2)15(11)22-16)20-10-5-6-13(24-3)12(17)8-10/h4-6,8-9H,1,7H2,2-3H3,(H2,18,20,21,22). The van der Waals surface area contributed by atoms with E-state index in [1.54, 1.807) is 36.2 Å². The molecule has 0 amide bonds. The molecule has 0 aliphatic carbocycles. The topological polar surface area (TPSA) is 76.9 Å². The molecule has 0 fully saturated rings. The van der Waals surface area contributed by atoms with Crippen molar-refractivity contribution < 1.29 is 4.74 Å². The Hall–Kier alpha value is -2.80. The van der Waals surface area contributed by atoms with Gasteiger partial charge in [-0.1, -0.05) is 17.7 Å². The summed E-state index contributed by atoms with van der Waals surface area (Å²) in [5.74, 6) is 1.75. The highest BCUT2D eigenvalue weighted by Gasteiger charge is 2.12. The Morgan fingerprint density at radius 2 is 2.21 bits per heavy atom. The number of methoxy groups -OCH3 is 1. The Labute approximate surface area is 144 Å². The summed E-state index contributed by atoms with van der Waals surface area (Å²) in [7, 11) is 3.41. The molecule has 0 unspecified atom stereocenters. The van der Waals surface area contributed by atoms with Crippen LogP contribution in [0.3, 0.4) is 0 Å². The highest BCUT2D eigenvalue weighted by atomic mass is 35.5. The van der Waals surface area contributed by atoms with Gasteiger partial charge in [0.15, 0.2) is 5.65 Å². The predicted molar refractivity (Wildman–Crippen MR) is 96.3 cm³/mol. The van der Waals surface area contributed by atoms with Gasteiger partial charge in [0.05, 0.1) is 23.7 Å². The van der Waals surface area contributed by atoms with Gasteiger partial charge in [0.25, 0.3) is 0 Å². The molecule has 0 spiro atoms. The summed E-state index contributed by atoms with van der Waals surface area (Å²) >= 11 is 6.18. The van der Waals surface area contributed by atoms with E-state index in [0.29, 0.717) is 29.1 Å². The van der Waals surface area contributed by atoms with E-state index in [0.717, 1.165) is 16.7 Å². The van der Waals surface area contributed by atoms with Gasteiger partial charge in [-0.15, -0.1) is 6.58 Å². The maximum absolute atomic E-state index is 6.18. The zero-order valence-electron chi connectivity index (χ0n) is 13.4. The number of ether oxygens (including phenoxy) is 1. The van der Waals surface area contributed by atoms with Crippen molar-refractivity contribution in [3.63, 3.8) is 0 Å². The Balaban J connectivity index is 2.01. The number of aryl methyl sites for hydroxylation is 1. The van der Waals surface area contributed by atoms with E-state index in [1.807, 2.05) is 13.1 Å². The molecule has 0 atom stereocenters. The Bertz CT molecular complexity index is 892. The van der Waals surface area contributed by atoms with Crippen LogP contribution in [0.4, 0.5) is 17.5 Å². The van der Waals surface area contributed by atoms with Gasteiger partial charge >= 0.3 is 0 Å². The molecule has 3 aromatic rings. The third-order valence-corrected chi connectivity index (χ3v) is 3.71. The van der Waals surface area contributed by atoms with Crippen molar-refractivity contribution in [3.8, 4) is 5.75 Å². The minimum Gasteiger partial charge on any atom is -0.495 e. The van der Waals surface area contributed by atoms with E-state index >= 15 is 0 Å². The fourth-order valence-corrected chi connectivity index (χ4v) is 2.50. The maximum atomic E-state index is 6.18. The highest BCUT2D eigenvalue weighted by molar-refractivity contribution is 6.32. The first-order valence-corrected chi connectivity index (χ1v) is 7.65. The van der Waals surface area contributed by atoms with Crippen LogP contribution < -0.4 is 15.4 Å². The second kappa shape index (κ2) is 6.76. The number of hydrogen-bond donors (Lipinski definition) is 2. The zero-order valence-corrected chi connectivity index (χ0v) is 14.1. The minimum absolute atomic E-state index is 0.494. The average molecular weight is 345 g/mol. The fourth-order valence-electron chi connectivity index (χ4n) is 2.24. The van der Waals surface area contributed by atoms with Crippen LogP contribution in [0, 0.1) is 0 Å². The molecule has 7 nitrogen and oxygen atoms in total. The highest BCUT2D eigenvalue weighted by Crippen LogP contribution is 2.30. The van der Waals surface area contributed by atoms with Crippen LogP contribution in [-0.4, -0.2) is 33.4 Å². The lowest BCUT2D eigenvalue weighted by Crippen LogP contribution is -2.06. The minimum atomic E-state index is 0.494. The van der Waals surface area contributed by atoms with Gasteiger partial charge < -0.3 is 15.4 Å². The number of anilines is 3. The average Bonchev–Trinajstić information content (AvgIpc) is 2.95. The molecule has 2 heterocycles. The number of aromatic nitrogens is 4. The number of benzene rings is 1. The predicted octanol–water partition coefficient (Wildman–Crippen LogP) is 3.37. The van der Waals surface area contributed by atoms with Crippen LogP contribution in [0.15, 0.2) is 37.1 Å². The molecule has 2 aromatic heterocycles. The van der Waals surface area contributed by atoms with Gasteiger partial charge in [-0.05, 0) is 18.2 Å². The van der Waals surface area contributed by atoms with E-state index < -0.39 is 0 Å². The lowest BCUT2D eigenvalue weighted by molar-refractivity contribution is 0.415. The molecule has 0 aliphatic heterocycles. The molecular weight excluding hydrogens is 328 g/mol. The van der Waals surface area contributed by atoms with E-state index in [-0.39, 0.29) is 0 Å². The van der Waals surface area contributed by atoms with Gasteiger partial charge in [0, 0.05) is 19.3 Å². The molecular formula is C16H17ClN6O. The van der Waals surface area contributed by atoms with Crippen molar-refractivity contribution in [1.82, 2.24) is 19.7 Å². The SMILES string of the molecule is C=CCNc1nc(Nc2ccc(OC)c(Cl)c2)c2cnn(C)c2n1.